The molecule has 2 aromatic rings. The Morgan fingerprint density at radius 1 is 1.21 bits per heavy atom. The zero-order chi connectivity index (χ0) is 20.6. The van der Waals surface area contributed by atoms with Crippen LogP contribution in [-0.4, -0.2) is 53.2 Å². The molecule has 0 spiro atoms. The van der Waals surface area contributed by atoms with Gasteiger partial charge in [-0.25, -0.2) is 4.68 Å². The van der Waals surface area contributed by atoms with Gasteiger partial charge in [-0.2, -0.15) is 5.10 Å². The Morgan fingerprint density at radius 3 is 2.52 bits per heavy atom. The summed E-state index contributed by atoms with van der Waals surface area (Å²) in [5, 5.41) is 10.7. The van der Waals surface area contributed by atoms with E-state index in [1.807, 2.05) is 82.1 Å². The maximum Gasteiger partial charge on any atom is 0.225 e. The van der Waals surface area contributed by atoms with Crippen molar-refractivity contribution in [1.29, 1.82) is 0 Å². The van der Waals surface area contributed by atoms with Gasteiger partial charge in [0.2, 0.25) is 5.91 Å². The molecule has 0 aliphatic carbocycles. The first kappa shape index (κ1) is 24.9. The van der Waals surface area contributed by atoms with Gasteiger partial charge in [0.1, 0.15) is 0 Å². The molecule has 0 bridgehead atoms. The maximum absolute atomic E-state index is 11.9. The van der Waals surface area contributed by atoms with Crippen LogP contribution in [0.1, 0.15) is 33.3 Å². The molecule has 29 heavy (non-hydrogen) atoms. The summed E-state index contributed by atoms with van der Waals surface area (Å²) in [5.41, 5.74) is 1.74. The van der Waals surface area contributed by atoms with Gasteiger partial charge in [0.05, 0.1) is 18.4 Å². The van der Waals surface area contributed by atoms with E-state index in [1.54, 1.807) is 0 Å². The third kappa shape index (κ3) is 8.04. The molecule has 7 nitrogen and oxygen atoms in total. The molecule has 0 aliphatic rings. The number of aliphatic imine (C=N–C) groups is 1. The van der Waals surface area contributed by atoms with Crippen LogP contribution in [0, 0.1) is 5.41 Å². The summed E-state index contributed by atoms with van der Waals surface area (Å²) >= 11 is 0. The topological polar surface area (TPSA) is 74.6 Å². The van der Waals surface area contributed by atoms with E-state index in [0.717, 1.165) is 23.8 Å². The van der Waals surface area contributed by atoms with Crippen molar-refractivity contribution in [1.82, 2.24) is 25.3 Å². The van der Waals surface area contributed by atoms with Crippen LogP contribution < -0.4 is 10.6 Å². The van der Waals surface area contributed by atoms with Crippen LogP contribution in [0.25, 0.3) is 5.69 Å². The minimum absolute atomic E-state index is 0. The van der Waals surface area contributed by atoms with Gasteiger partial charge in [0, 0.05) is 43.9 Å². The number of carbonyl (C=O) groups is 1. The number of hydrogen-bond acceptors (Lipinski definition) is 3. The van der Waals surface area contributed by atoms with Crippen molar-refractivity contribution in [2.45, 2.75) is 34.2 Å². The molecule has 0 radical (unpaired) electrons. The van der Waals surface area contributed by atoms with E-state index in [2.05, 4.69) is 25.6 Å². The molecule has 1 heterocycles. The molecule has 0 atom stereocenters. The zero-order valence-corrected chi connectivity index (χ0v) is 20.3. The van der Waals surface area contributed by atoms with Crippen LogP contribution in [0.15, 0.2) is 47.7 Å². The second kappa shape index (κ2) is 11.8. The number of guanidine groups is 1. The van der Waals surface area contributed by atoms with Crippen molar-refractivity contribution in [2.24, 2.45) is 10.4 Å². The number of carbonyl (C=O) groups excluding carboxylic acids is 1. The summed E-state index contributed by atoms with van der Waals surface area (Å²) in [7, 11) is 2.00. The highest BCUT2D eigenvalue weighted by molar-refractivity contribution is 14.0. The van der Waals surface area contributed by atoms with Crippen LogP contribution >= 0.6 is 24.0 Å². The third-order valence-electron chi connectivity index (χ3n) is 4.11. The Hall–Kier alpha value is -2.10. The molecule has 1 aromatic carbocycles. The molecule has 0 fully saturated rings. The van der Waals surface area contributed by atoms with Gasteiger partial charge in [0.15, 0.2) is 5.96 Å². The SMILES string of the molecule is CCNC(=NCCNC(=O)C(C)(C)C)N(C)Cc1cnn(-c2ccccc2)c1.I. The molecule has 0 saturated carbocycles. The number of nitrogens with one attached hydrogen (secondary N) is 2. The average Bonchev–Trinajstić information content (AvgIpc) is 3.12. The summed E-state index contributed by atoms with van der Waals surface area (Å²) in [6.07, 6.45) is 3.90. The minimum atomic E-state index is -0.385. The quantitative estimate of drug-likeness (QED) is 0.259. The normalized spacial score (nSPS) is 11.6. The van der Waals surface area contributed by atoms with Crippen molar-refractivity contribution in [3.8, 4) is 5.69 Å². The van der Waals surface area contributed by atoms with Crippen molar-refractivity contribution in [3.63, 3.8) is 0 Å². The van der Waals surface area contributed by atoms with E-state index >= 15 is 0 Å². The summed E-state index contributed by atoms with van der Waals surface area (Å²) in [6.45, 7) is 10.3. The minimum Gasteiger partial charge on any atom is -0.357 e. The van der Waals surface area contributed by atoms with Crippen molar-refractivity contribution < 1.29 is 4.79 Å². The molecule has 2 N–H and O–H groups in total. The van der Waals surface area contributed by atoms with E-state index < -0.39 is 0 Å². The van der Waals surface area contributed by atoms with Gasteiger partial charge in [-0.3, -0.25) is 9.79 Å². The molecular weight excluding hydrogens is 479 g/mol. The monoisotopic (exact) mass is 512 g/mol. The molecule has 1 aromatic heterocycles. The zero-order valence-electron chi connectivity index (χ0n) is 18.0. The van der Waals surface area contributed by atoms with E-state index in [-0.39, 0.29) is 35.3 Å². The lowest BCUT2D eigenvalue weighted by atomic mass is 9.96. The molecule has 2 rings (SSSR count). The van der Waals surface area contributed by atoms with E-state index in [0.29, 0.717) is 19.6 Å². The van der Waals surface area contributed by atoms with Crippen LogP contribution in [-0.2, 0) is 11.3 Å². The average molecular weight is 512 g/mol. The first-order valence-electron chi connectivity index (χ1n) is 9.68. The van der Waals surface area contributed by atoms with E-state index in [9.17, 15) is 4.79 Å². The fourth-order valence-electron chi connectivity index (χ4n) is 2.58. The van der Waals surface area contributed by atoms with Crippen molar-refractivity contribution in [3.05, 3.63) is 48.3 Å². The number of nitrogens with zero attached hydrogens (tertiary/aromatic N) is 4. The first-order valence-corrected chi connectivity index (χ1v) is 9.68. The highest BCUT2D eigenvalue weighted by Gasteiger charge is 2.20. The number of halogens is 1. The number of amides is 1. The largest absolute Gasteiger partial charge is 0.357 e. The van der Waals surface area contributed by atoms with Crippen LogP contribution in [0.5, 0.6) is 0 Å². The Kier molecular flexibility index (Phi) is 10.1. The highest BCUT2D eigenvalue weighted by atomic mass is 127. The van der Waals surface area contributed by atoms with Gasteiger partial charge in [-0.15, -0.1) is 24.0 Å². The van der Waals surface area contributed by atoms with Gasteiger partial charge >= 0.3 is 0 Å². The molecule has 0 unspecified atom stereocenters. The van der Waals surface area contributed by atoms with Crippen LogP contribution in [0.3, 0.4) is 0 Å². The number of hydrogen-bond donors (Lipinski definition) is 2. The van der Waals surface area contributed by atoms with Crippen molar-refractivity contribution >= 4 is 35.8 Å². The second-order valence-corrected chi connectivity index (χ2v) is 7.73. The molecule has 160 valence electrons. The molecule has 0 aliphatic heterocycles. The molecule has 0 saturated heterocycles. The summed E-state index contributed by atoms with van der Waals surface area (Å²) in [4.78, 5) is 18.6. The molecule has 8 heteroatoms. The summed E-state index contributed by atoms with van der Waals surface area (Å²) < 4.78 is 1.87. The Labute approximate surface area is 191 Å². The predicted octanol–water partition coefficient (Wildman–Crippen LogP) is 3.05. The van der Waals surface area contributed by atoms with E-state index in [4.69, 9.17) is 0 Å². The molecule has 1 amide bonds. The lowest BCUT2D eigenvalue weighted by molar-refractivity contribution is -0.128. The number of benzene rings is 1. The predicted molar refractivity (Wildman–Crippen MR) is 129 cm³/mol. The fraction of sp³-hybridized carbons (Fsp3) is 0.476. The molecular formula is C21H33IN6O. The third-order valence-corrected chi connectivity index (χ3v) is 4.11. The van der Waals surface area contributed by atoms with Gasteiger partial charge in [-0.05, 0) is 19.1 Å². The highest BCUT2D eigenvalue weighted by Crippen LogP contribution is 2.12. The number of rotatable bonds is 7. The van der Waals surface area contributed by atoms with Gasteiger partial charge in [-0.1, -0.05) is 39.0 Å². The Balaban J connectivity index is 0.00000420. The lowest BCUT2D eigenvalue weighted by Crippen LogP contribution is -2.40. The fourth-order valence-corrected chi connectivity index (χ4v) is 2.58. The van der Waals surface area contributed by atoms with Crippen molar-refractivity contribution in [2.75, 3.05) is 26.7 Å². The smallest absolute Gasteiger partial charge is 0.225 e. The Morgan fingerprint density at radius 2 is 1.90 bits per heavy atom. The first-order chi connectivity index (χ1) is 13.3. The standard InChI is InChI=1S/C21H32N6O.HI/c1-6-22-20(24-13-12-23-19(28)21(2,3)4)26(5)15-17-14-25-27(16-17)18-10-8-7-9-11-18;/h7-11,14,16H,6,12-13,15H2,1-5H3,(H,22,24)(H,23,28);1H. The van der Waals surface area contributed by atoms with Gasteiger partial charge in [0.25, 0.3) is 0 Å². The second-order valence-electron chi connectivity index (χ2n) is 7.73. The van der Waals surface area contributed by atoms with Crippen LogP contribution in [0.4, 0.5) is 0 Å². The maximum atomic E-state index is 11.9. The summed E-state index contributed by atoms with van der Waals surface area (Å²) in [5.74, 6) is 0.842. The Bertz CT molecular complexity index is 782. The summed E-state index contributed by atoms with van der Waals surface area (Å²) in [6, 6.07) is 10.0. The van der Waals surface area contributed by atoms with Gasteiger partial charge < -0.3 is 15.5 Å². The lowest BCUT2D eigenvalue weighted by Gasteiger charge is -2.22. The number of para-hydroxylation sites is 1. The number of aromatic nitrogens is 2. The van der Waals surface area contributed by atoms with Crippen LogP contribution in [0.2, 0.25) is 0 Å². The van der Waals surface area contributed by atoms with E-state index in [1.165, 1.54) is 0 Å².